The first-order chi connectivity index (χ1) is 9.07. The Kier molecular flexibility index (Phi) is 2.82. The minimum absolute atomic E-state index is 0.330. The second-order valence-corrected chi connectivity index (χ2v) is 4.78. The molecule has 8 heteroatoms. The normalized spacial score (nSPS) is 37.5. The predicted molar refractivity (Wildman–Crippen MR) is 61.6 cm³/mol. The number of hydrogen-bond acceptors (Lipinski definition) is 6. The van der Waals surface area contributed by atoms with E-state index in [2.05, 4.69) is 4.98 Å². The molecule has 1 aromatic heterocycles. The Morgan fingerprint density at radius 2 is 2.32 bits per heavy atom. The zero-order chi connectivity index (χ0) is 13.6. The molecule has 0 amide bonds. The van der Waals surface area contributed by atoms with Crippen molar-refractivity contribution in [3.8, 4) is 0 Å². The smallest absolute Gasteiger partial charge is 0.330 e. The maximum atomic E-state index is 11.7. The van der Waals surface area contributed by atoms with Gasteiger partial charge in [0.1, 0.15) is 17.8 Å². The Bertz CT molecular complexity index is 595. The van der Waals surface area contributed by atoms with Gasteiger partial charge in [0, 0.05) is 18.7 Å². The van der Waals surface area contributed by atoms with E-state index in [-0.39, 0.29) is 6.61 Å². The number of H-pyrrole nitrogens is 1. The van der Waals surface area contributed by atoms with Gasteiger partial charge in [0.2, 0.25) is 0 Å². The minimum Gasteiger partial charge on any atom is -0.393 e. The van der Waals surface area contributed by atoms with Crippen molar-refractivity contribution < 1.29 is 19.7 Å². The van der Waals surface area contributed by atoms with Crippen LogP contribution in [0.5, 0.6) is 0 Å². The van der Waals surface area contributed by atoms with Gasteiger partial charge in [0.05, 0.1) is 13.2 Å². The molecule has 8 nitrogen and oxygen atoms in total. The first-order valence-corrected chi connectivity index (χ1v) is 5.97. The van der Waals surface area contributed by atoms with Gasteiger partial charge in [-0.05, 0) is 0 Å². The molecule has 0 radical (unpaired) electrons. The number of nitrogens with zero attached hydrogens (tertiary/aromatic N) is 1. The molecule has 2 aliphatic rings. The summed E-state index contributed by atoms with van der Waals surface area (Å²) in [6.45, 7) is -0.0283. The van der Waals surface area contributed by atoms with E-state index < -0.39 is 35.3 Å². The fourth-order valence-electron chi connectivity index (χ4n) is 2.63. The van der Waals surface area contributed by atoms with E-state index in [1.807, 2.05) is 0 Å². The topological polar surface area (TPSA) is 114 Å². The SMILES string of the molecule is O=c1ccn([C@@H]2O[C@@]3(CO)CCOC2C3O)c(=O)[nH]1. The molecule has 19 heavy (non-hydrogen) atoms. The summed E-state index contributed by atoms with van der Waals surface area (Å²) in [5.74, 6) is 0. The van der Waals surface area contributed by atoms with Crippen molar-refractivity contribution in [3.05, 3.63) is 33.1 Å². The molecular weight excluding hydrogens is 256 g/mol. The van der Waals surface area contributed by atoms with Gasteiger partial charge in [-0.2, -0.15) is 0 Å². The maximum absolute atomic E-state index is 11.7. The molecule has 2 saturated heterocycles. The van der Waals surface area contributed by atoms with Crippen LogP contribution in [-0.4, -0.2) is 50.8 Å². The highest BCUT2D eigenvalue weighted by atomic mass is 16.6. The molecule has 3 N–H and O–H groups in total. The Balaban J connectivity index is 2.03. The monoisotopic (exact) mass is 270 g/mol. The van der Waals surface area contributed by atoms with Gasteiger partial charge in [-0.1, -0.05) is 0 Å². The van der Waals surface area contributed by atoms with Crippen molar-refractivity contribution in [1.82, 2.24) is 9.55 Å². The fourth-order valence-corrected chi connectivity index (χ4v) is 2.63. The van der Waals surface area contributed by atoms with Gasteiger partial charge in [-0.15, -0.1) is 0 Å². The average Bonchev–Trinajstić information content (AvgIpc) is 2.56. The molecule has 2 bridgehead atoms. The van der Waals surface area contributed by atoms with Crippen LogP contribution in [-0.2, 0) is 9.47 Å². The number of aromatic amines is 1. The summed E-state index contributed by atoms with van der Waals surface area (Å²) >= 11 is 0. The fraction of sp³-hybridized carbons (Fsp3) is 0.636. The largest absolute Gasteiger partial charge is 0.393 e. The number of nitrogens with one attached hydrogen (secondary N) is 1. The second-order valence-electron chi connectivity index (χ2n) is 4.78. The lowest BCUT2D eigenvalue weighted by atomic mass is 9.90. The van der Waals surface area contributed by atoms with Crippen molar-refractivity contribution in [2.75, 3.05) is 13.2 Å². The molecule has 2 fully saturated rings. The quantitative estimate of drug-likeness (QED) is 0.570. The molecule has 0 aromatic carbocycles. The molecule has 1 aromatic rings. The number of aliphatic hydroxyl groups excluding tert-OH is 2. The van der Waals surface area contributed by atoms with Gasteiger partial charge in [-0.25, -0.2) is 4.79 Å². The van der Waals surface area contributed by atoms with Crippen LogP contribution in [0.3, 0.4) is 0 Å². The van der Waals surface area contributed by atoms with E-state index in [4.69, 9.17) is 9.47 Å². The van der Waals surface area contributed by atoms with E-state index in [1.54, 1.807) is 0 Å². The standard InChI is InChI=1S/C11H14N2O6/c14-5-11-2-4-18-7(8(11)16)9(19-11)13-3-1-6(15)12-10(13)17/h1,3,7-9,14,16H,2,4-5H2,(H,12,15,17)/t7?,8?,9-,11-/m1/s1. The first kappa shape index (κ1) is 12.5. The van der Waals surface area contributed by atoms with Gasteiger partial charge in [0.15, 0.2) is 6.23 Å². The summed E-state index contributed by atoms with van der Waals surface area (Å²) in [5.41, 5.74) is -2.27. The molecule has 2 aliphatic heterocycles. The van der Waals surface area contributed by atoms with Crippen LogP contribution in [0, 0.1) is 0 Å². The van der Waals surface area contributed by atoms with Crippen molar-refractivity contribution in [2.24, 2.45) is 0 Å². The minimum atomic E-state index is -1.11. The molecule has 2 unspecified atom stereocenters. The van der Waals surface area contributed by atoms with Crippen LogP contribution >= 0.6 is 0 Å². The molecule has 0 saturated carbocycles. The molecular formula is C11H14N2O6. The van der Waals surface area contributed by atoms with E-state index in [1.165, 1.54) is 12.3 Å². The number of aromatic nitrogens is 2. The third-order valence-electron chi connectivity index (χ3n) is 3.72. The van der Waals surface area contributed by atoms with Gasteiger partial charge >= 0.3 is 5.69 Å². The zero-order valence-electron chi connectivity index (χ0n) is 9.98. The number of hydrogen-bond donors (Lipinski definition) is 3. The molecule has 104 valence electrons. The van der Waals surface area contributed by atoms with E-state index in [0.717, 1.165) is 4.57 Å². The van der Waals surface area contributed by atoms with Crippen LogP contribution in [0.15, 0.2) is 21.9 Å². The zero-order valence-corrected chi connectivity index (χ0v) is 9.98. The van der Waals surface area contributed by atoms with Gasteiger partial charge in [0.25, 0.3) is 5.56 Å². The van der Waals surface area contributed by atoms with Crippen LogP contribution in [0.25, 0.3) is 0 Å². The third-order valence-corrected chi connectivity index (χ3v) is 3.72. The highest BCUT2D eigenvalue weighted by molar-refractivity contribution is 5.04. The van der Waals surface area contributed by atoms with Crippen LogP contribution < -0.4 is 11.2 Å². The highest BCUT2D eigenvalue weighted by Crippen LogP contribution is 2.43. The number of aliphatic hydroxyl groups is 2. The molecule has 0 aliphatic carbocycles. The van der Waals surface area contributed by atoms with Crippen LogP contribution in [0.2, 0.25) is 0 Å². The van der Waals surface area contributed by atoms with Gasteiger partial charge in [-0.3, -0.25) is 14.3 Å². The average molecular weight is 270 g/mol. The maximum Gasteiger partial charge on any atom is 0.330 e. The Hall–Kier alpha value is -1.48. The third kappa shape index (κ3) is 1.76. The molecule has 0 spiro atoms. The summed E-state index contributed by atoms with van der Waals surface area (Å²) in [6.07, 6.45) is -1.00. The molecule has 4 atom stereocenters. The summed E-state index contributed by atoms with van der Waals surface area (Å²) in [6, 6.07) is 1.19. The summed E-state index contributed by atoms with van der Waals surface area (Å²) < 4.78 is 12.2. The lowest BCUT2D eigenvalue weighted by Crippen LogP contribution is -2.51. The Morgan fingerprint density at radius 1 is 1.53 bits per heavy atom. The summed E-state index contributed by atoms with van der Waals surface area (Å²) in [5, 5.41) is 19.6. The van der Waals surface area contributed by atoms with Crippen molar-refractivity contribution in [2.45, 2.75) is 30.5 Å². The lowest BCUT2D eigenvalue weighted by Gasteiger charge is -2.33. The Morgan fingerprint density at radius 3 is 2.95 bits per heavy atom. The first-order valence-electron chi connectivity index (χ1n) is 5.97. The molecule has 3 rings (SSSR count). The van der Waals surface area contributed by atoms with E-state index >= 15 is 0 Å². The Labute approximate surface area is 107 Å². The second kappa shape index (κ2) is 4.27. The highest BCUT2D eigenvalue weighted by Gasteiger charge is 2.58. The van der Waals surface area contributed by atoms with Crippen molar-refractivity contribution in [1.29, 1.82) is 0 Å². The van der Waals surface area contributed by atoms with Crippen molar-refractivity contribution >= 4 is 0 Å². The van der Waals surface area contributed by atoms with E-state index in [9.17, 15) is 19.8 Å². The van der Waals surface area contributed by atoms with Crippen LogP contribution in [0.1, 0.15) is 12.6 Å². The van der Waals surface area contributed by atoms with Gasteiger partial charge < -0.3 is 19.7 Å². The van der Waals surface area contributed by atoms with Crippen LogP contribution in [0.4, 0.5) is 0 Å². The lowest BCUT2D eigenvalue weighted by molar-refractivity contribution is -0.144. The molecule has 3 heterocycles. The number of rotatable bonds is 2. The van der Waals surface area contributed by atoms with E-state index in [0.29, 0.717) is 13.0 Å². The predicted octanol–water partition coefficient (Wildman–Crippen LogP) is -2.05. The number of ether oxygens (including phenoxy) is 2. The van der Waals surface area contributed by atoms with Crippen molar-refractivity contribution in [3.63, 3.8) is 0 Å². The number of fused-ring (bicyclic) bond motifs is 2. The summed E-state index contributed by atoms with van der Waals surface area (Å²) in [4.78, 5) is 24.9. The summed E-state index contributed by atoms with van der Waals surface area (Å²) in [7, 11) is 0.